The maximum Gasteiger partial charge on any atom is 0.0708 e. The third kappa shape index (κ3) is 4.40. The Morgan fingerprint density at radius 3 is 2.04 bits per heavy atom. The van der Waals surface area contributed by atoms with Gasteiger partial charge in [0.1, 0.15) is 0 Å². The molecule has 0 amide bonds. The van der Waals surface area contributed by atoms with Crippen LogP contribution in [0.15, 0.2) is 169 Å². The zero-order valence-corrected chi connectivity index (χ0v) is 28.9. The van der Waals surface area contributed by atoms with E-state index in [9.17, 15) is 0 Å². The molecule has 52 heavy (non-hydrogen) atoms. The first-order valence-corrected chi connectivity index (χ1v) is 18.6. The summed E-state index contributed by atoms with van der Waals surface area (Å²) in [4.78, 5) is 5.42. The molecule has 0 N–H and O–H groups in total. The maximum absolute atomic E-state index is 5.42. The molecule has 2 nitrogen and oxygen atoms in total. The highest BCUT2D eigenvalue weighted by Gasteiger charge is 2.33. The second-order valence-corrected chi connectivity index (χ2v) is 14.4. The summed E-state index contributed by atoms with van der Waals surface area (Å²) in [6.45, 7) is 0. The van der Waals surface area contributed by atoms with E-state index in [1.54, 1.807) is 0 Å². The molecule has 2 heteroatoms. The summed E-state index contributed by atoms with van der Waals surface area (Å²) in [5, 5.41) is 5.38. The van der Waals surface area contributed by atoms with Crippen LogP contribution in [0.1, 0.15) is 47.4 Å². The van der Waals surface area contributed by atoms with Crippen LogP contribution in [0.2, 0.25) is 0 Å². The summed E-state index contributed by atoms with van der Waals surface area (Å²) in [7, 11) is 0. The number of aromatic nitrogens is 1. The van der Waals surface area contributed by atoms with Crippen molar-refractivity contribution in [1.82, 2.24) is 4.40 Å². The standard InChI is InChI=1S/C50H36N2/c1-3-14-32(15-4-1)35-27-26-33-28-29-39(36-21-13-23-44(34-16-5-2-6-17-34)51-45-22-10-7-18-37(36)45)48-42(41(33)30-35)31-43-38-19-8-11-24-46(38)52-47-25-12-9-20-40(47)49(48)50(43)52/h1-12,14-22,24-27,30-31,39H,13,23,28-29H2/t39-/m1/s1. The van der Waals surface area contributed by atoms with Crippen molar-refractivity contribution in [3.8, 4) is 22.3 Å². The number of hydrogen-bond acceptors (Lipinski definition) is 1. The minimum absolute atomic E-state index is 0.189. The SMILES string of the molecule is C1=C([C@H]2CCc3ccc(-c4ccccc4)cc3-c3cc4c5ccccc5n5c6ccccc6c(c32)c45)c2ccccc2N=C(c2ccccc2)CC1. The first-order chi connectivity index (χ1) is 25.8. The van der Waals surface area contributed by atoms with Crippen LogP contribution >= 0.6 is 0 Å². The Kier molecular flexibility index (Phi) is 6.60. The topological polar surface area (TPSA) is 16.8 Å². The Morgan fingerprint density at radius 2 is 1.21 bits per heavy atom. The van der Waals surface area contributed by atoms with E-state index >= 15 is 0 Å². The molecule has 0 spiro atoms. The lowest BCUT2D eigenvalue weighted by molar-refractivity contribution is 0.763. The number of benzene rings is 7. The average Bonchev–Trinajstić information content (AvgIpc) is 3.66. The van der Waals surface area contributed by atoms with Gasteiger partial charge in [-0.3, -0.25) is 4.99 Å². The van der Waals surface area contributed by atoms with Gasteiger partial charge in [0.25, 0.3) is 0 Å². The largest absolute Gasteiger partial charge is 0.308 e. The smallest absolute Gasteiger partial charge is 0.0708 e. The summed E-state index contributed by atoms with van der Waals surface area (Å²) in [6, 6.07) is 58.2. The first kappa shape index (κ1) is 29.5. The first-order valence-electron chi connectivity index (χ1n) is 18.6. The summed E-state index contributed by atoms with van der Waals surface area (Å²) >= 11 is 0. The number of aliphatic imine (C=N–C) groups is 1. The molecule has 3 heterocycles. The van der Waals surface area contributed by atoms with Crippen LogP contribution in [0.5, 0.6) is 0 Å². The Hall–Kier alpha value is -6.25. The molecule has 2 aromatic heterocycles. The third-order valence-electron chi connectivity index (χ3n) is 11.7. The second kappa shape index (κ2) is 11.6. The van der Waals surface area contributed by atoms with Gasteiger partial charge in [-0.2, -0.15) is 0 Å². The highest BCUT2D eigenvalue weighted by Crippen LogP contribution is 2.53. The normalized spacial score (nSPS) is 15.8. The van der Waals surface area contributed by atoms with Crippen LogP contribution in [-0.4, -0.2) is 10.1 Å². The molecule has 7 aromatic carbocycles. The van der Waals surface area contributed by atoms with Crippen molar-refractivity contribution in [2.24, 2.45) is 4.99 Å². The van der Waals surface area contributed by atoms with Gasteiger partial charge in [-0.15, -0.1) is 0 Å². The minimum atomic E-state index is 0.189. The lowest BCUT2D eigenvalue weighted by Crippen LogP contribution is -2.08. The van der Waals surface area contributed by atoms with Crippen molar-refractivity contribution in [3.05, 3.63) is 186 Å². The Bertz CT molecular complexity index is 2890. The Labute approximate surface area is 303 Å². The van der Waals surface area contributed by atoms with E-state index in [4.69, 9.17) is 4.99 Å². The van der Waals surface area contributed by atoms with Crippen LogP contribution in [-0.2, 0) is 6.42 Å². The van der Waals surface area contributed by atoms with E-state index < -0.39 is 0 Å². The molecule has 0 fully saturated rings. The van der Waals surface area contributed by atoms with Crippen molar-refractivity contribution in [1.29, 1.82) is 0 Å². The highest BCUT2D eigenvalue weighted by molar-refractivity contribution is 6.26. The van der Waals surface area contributed by atoms with Gasteiger partial charge in [-0.05, 0) is 101 Å². The molecule has 0 radical (unpaired) electrons. The summed E-state index contributed by atoms with van der Waals surface area (Å²) < 4.78 is 2.54. The minimum Gasteiger partial charge on any atom is -0.308 e. The van der Waals surface area contributed by atoms with Crippen LogP contribution < -0.4 is 0 Å². The van der Waals surface area contributed by atoms with Gasteiger partial charge in [0, 0.05) is 38.7 Å². The molecule has 0 bridgehead atoms. The lowest BCUT2D eigenvalue weighted by atomic mass is 9.78. The van der Waals surface area contributed by atoms with E-state index in [2.05, 4.69) is 168 Å². The molecule has 11 rings (SSSR count). The molecule has 0 saturated carbocycles. The fraction of sp³-hybridized carbons (Fsp3) is 0.100. The van der Waals surface area contributed by atoms with Crippen molar-refractivity contribution in [2.75, 3.05) is 0 Å². The number of para-hydroxylation sites is 3. The van der Waals surface area contributed by atoms with E-state index in [-0.39, 0.29) is 5.92 Å². The Morgan fingerprint density at radius 1 is 0.519 bits per heavy atom. The van der Waals surface area contributed by atoms with Gasteiger partial charge in [0.2, 0.25) is 0 Å². The van der Waals surface area contributed by atoms with Gasteiger partial charge in [-0.1, -0.05) is 133 Å². The van der Waals surface area contributed by atoms with Crippen molar-refractivity contribution in [3.63, 3.8) is 0 Å². The molecule has 0 unspecified atom stereocenters. The van der Waals surface area contributed by atoms with Crippen molar-refractivity contribution >= 4 is 55.1 Å². The van der Waals surface area contributed by atoms with Gasteiger partial charge >= 0.3 is 0 Å². The molecule has 1 aliphatic carbocycles. The number of fused-ring (bicyclic) bond motifs is 11. The molecule has 9 aromatic rings. The fourth-order valence-electron chi connectivity index (χ4n) is 9.40. The fourth-order valence-corrected chi connectivity index (χ4v) is 9.40. The van der Waals surface area contributed by atoms with E-state index in [1.165, 1.54) is 88.2 Å². The van der Waals surface area contributed by atoms with Crippen LogP contribution in [0.25, 0.3) is 65.9 Å². The molecule has 246 valence electrons. The van der Waals surface area contributed by atoms with Crippen LogP contribution in [0, 0.1) is 0 Å². The molecular formula is C50H36N2. The predicted octanol–water partition coefficient (Wildman–Crippen LogP) is 13.2. The average molecular weight is 665 g/mol. The maximum atomic E-state index is 5.42. The molecule has 1 aliphatic heterocycles. The zero-order valence-electron chi connectivity index (χ0n) is 28.9. The number of aryl methyl sites for hydroxylation is 1. The van der Waals surface area contributed by atoms with Crippen molar-refractivity contribution < 1.29 is 0 Å². The number of allylic oxidation sites excluding steroid dienone is 2. The zero-order chi connectivity index (χ0) is 34.2. The second-order valence-electron chi connectivity index (χ2n) is 14.4. The summed E-state index contributed by atoms with van der Waals surface area (Å²) in [5.41, 5.74) is 18.1. The quantitative estimate of drug-likeness (QED) is 0.179. The van der Waals surface area contributed by atoms with Crippen LogP contribution in [0.3, 0.4) is 0 Å². The monoisotopic (exact) mass is 664 g/mol. The van der Waals surface area contributed by atoms with Gasteiger partial charge in [0.05, 0.1) is 22.2 Å². The molecule has 0 saturated heterocycles. The molecule has 2 aliphatic rings. The highest BCUT2D eigenvalue weighted by atomic mass is 14.9. The van der Waals surface area contributed by atoms with Crippen molar-refractivity contribution in [2.45, 2.75) is 31.6 Å². The number of hydrogen-bond donors (Lipinski definition) is 0. The third-order valence-corrected chi connectivity index (χ3v) is 11.7. The Balaban J connectivity index is 1.23. The van der Waals surface area contributed by atoms with Gasteiger partial charge in [-0.25, -0.2) is 0 Å². The number of rotatable bonds is 3. The molecule has 1 atom stereocenters. The number of nitrogens with zero attached hydrogens (tertiary/aromatic N) is 2. The van der Waals surface area contributed by atoms with E-state index in [0.29, 0.717) is 0 Å². The predicted molar refractivity (Wildman–Crippen MR) is 219 cm³/mol. The van der Waals surface area contributed by atoms with E-state index in [1.807, 2.05) is 0 Å². The van der Waals surface area contributed by atoms with Gasteiger partial charge < -0.3 is 4.40 Å². The summed E-state index contributed by atoms with van der Waals surface area (Å²) in [5.74, 6) is 0.189. The molecular weight excluding hydrogens is 629 g/mol. The lowest BCUT2D eigenvalue weighted by Gasteiger charge is -2.26. The summed E-state index contributed by atoms with van der Waals surface area (Å²) in [6.07, 6.45) is 6.45. The van der Waals surface area contributed by atoms with E-state index in [0.717, 1.165) is 37.1 Å². The van der Waals surface area contributed by atoms with Crippen LogP contribution in [0.4, 0.5) is 5.69 Å². The van der Waals surface area contributed by atoms with Gasteiger partial charge in [0.15, 0.2) is 0 Å².